The van der Waals surface area contributed by atoms with E-state index in [1.54, 1.807) is 6.07 Å². The highest BCUT2D eigenvalue weighted by molar-refractivity contribution is 7.92. The van der Waals surface area contributed by atoms with Gasteiger partial charge in [-0.15, -0.1) is 0 Å². The van der Waals surface area contributed by atoms with Crippen molar-refractivity contribution in [3.63, 3.8) is 0 Å². The van der Waals surface area contributed by atoms with Crippen molar-refractivity contribution in [1.82, 2.24) is 0 Å². The third-order valence-electron chi connectivity index (χ3n) is 5.06. The van der Waals surface area contributed by atoms with Gasteiger partial charge in [-0.05, 0) is 48.1 Å². The van der Waals surface area contributed by atoms with Crippen molar-refractivity contribution < 1.29 is 32.9 Å². The van der Waals surface area contributed by atoms with Crippen LogP contribution in [0.3, 0.4) is 0 Å². The average Bonchev–Trinajstić information content (AvgIpc) is 2.92. The highest BCUT2D eigenvalue weighted by Crippen LogP contribution is 2.32. The number of hydrogen-bond acceptors (Lipinski definition) is 6. The number of allylic oxidation sites excluding steroid dienone is 1. The van der Waals surface area contributed by atoms with Gasteiger partial charge in [0.1, 0.15) is 5.25 Å². The third-order valence-corrected chi connectivity index (χ3v) is 7.08. The van der Waals surface area contributed by atoms with Crippen molar-refractivity contribution in [1.29, 1.82) is 0 Å². The van der Waals surface area contributed by atoms with E-state index >= 15 is 0 Å². The molecule has 29 heavy (non-hydrogen) atoms. The van der Waals surface area contributed by atoms with Crippen LogP contribution in [-0.4, -0.2) is 61.2 Å². The van der Waals surface area contributed by atoms with E-state index in [-0.39, 0.29) is 18.8 Å². The molecule has 6 nitrogen and oxygen atoms in total. The largest absolute Gasteiger partial charge is 0.505 e. The molecule has 0 saturated heterocycles. The van der Waals surface area contributed by atoms with Crippen molar-refractivity contribution >= 4 is 15.9 Å². The molecule has 1 aliphatic rings. The van der Waals surface area contributed by atoms with Crippen LogP contribution in [0.25, 0.3) is 6.08 Å². The predicted molar refractivity (Wildman–Crippen MR) is 110 cm³/mol. The number of aromatic hydroxyl groups is 1. The van der Waals surface area contributed by atoms with E-state index < -0.39 is 39.4 Å². The Morgan fingerprint density at radius 2 is 2.10 bits per heavy atom. The number of methoxy groups -OCH3 is 1. The molecule has 0 spiro atoms. The first-order valence-electron chi connectivity index (χ1n) is 9.62. The molecule has 2 rings (SSSR count). The van der Waals surface area contributed by atoms with Crippen molar-refractivity contribution in [3.8, 4) is 5.75 Å². The molecular formula is C21H29FO6S. The molecule has 1 aliphatic heterocycles. The van der Waals surface area contributed by atoms with Gasteiger partial charge in [-0.25, -0.2) is 12.8 Å². The maximum atomic E-state index is 13.6. The Bertz CT molecular complexity index is 875. The number of rotatable bonds is 10. The molecule has 0 radical (unpaired) electrons. The minimum Gasteiger partial charge on any atom is -0.505 e. The number of halogens is 1. The van der Waals surface area contributed by atoms with Gasteiger partial charge in [0, 0.05) is 7.11 Å². The molecule has 162 valence electrons. The first-order chi connectivity index (χ1) is 13.7. The zero-order chi connectivity index (χ0) is 21.6. The summed E-state index contributed by atoms with van der Waals surface area (Å²) in [7, 11) is -2.10. The van der Waals surface area contributed by atoms with Gasteiger partial charge in [0.05, 0.1) is 25.1 Å². The summed E-state index contributed by atoms with van der Waals surface area (Å²) in [6.45, 7) is 1.52. The van der Waals surface area contributed by atoms with Gasteiger partial charge in [-0.1, -0.05) is 31.1 Å². The number of aliphatic hydroxyl groups is 2. The number of sulfone groups is 1. The zero-order valence-electron chi connectivity index (χ0n) is 16.8. The van der Waals surface area contributed by atoms with Gasteiger partial charge in [-0.2, -0.15) is 0 Å². The molecule has 0 fully saturated rings. The van der Waals surface area contributed by atoms with Gasteiger partial charge >= 0.3 is 0 Å². The van der Waals surface area contributed by atoms with Crippen molar-refractivity contribution in [3.05, 3.63) is 46.3 Å². The summed E-state index contributed by atoms with van der Waals surface area (Å²) >= 11 is 0. The fourth-order valence-electron chi connectivity index (χ4n) is 3.73. The van der Waals surface area contributed by atoms with Crippen LogP contribution in [0.2, 0.25) is 0 Å². The van der Waals surface area contributed by atoms with Gasteiger partial charge in [0.25, 0.3) is 0 Å². The van der Waals surface area contributed by atoms with Crippen LogP contribution in [0.15, 0.2) is 34.9 Å². The zero-order valence-corrected chi connectivity index (χ0v) is 17.6. The smallest absolute Gasteiger partial charge is 0.165 e. The molecule has 1 heterocycles. The number of phenols is 1. The Morgan fingerprint density at radius 1 is 1.38 bits per heavy atom. The number of ether oxygens (including phenoxy) is 1. The number of benzene rings is 1. The summed E-state index contributed by atoms with van der Waals surface area (Å²) in [6, 6.07) is 4.14. The van der Waals surface area contributed by atoms with E-state index in [1.807, 2.05) is 13.0 Å². The topological polar surface area (TPSA) is 104 Å². The van der Waals surface area contributed by atoms with Gasteiger partial charge in [-0.3, -0.25) is 0 Å². The molecule has 0 bridgehead atoms. The van der Waals surface area contributed by atoms with Crippen LogP contribution in [-0.2, 0) is 14.6 Å². The first kappa shape index (κ1) is 23.5. The Hall–Kier alpha value is -1.74. The lowest BCUT2D eigenvalue weighted by molar-refractivity contribution is 0.182. The normalized spacial score (nSPS) is 20.3. The molecule has 0 aliphatic carbocycles. The second-order valence-electron chi connectivity index (χ2n) is 7.29. The minimum absolute atomic E-state index is 0.0898. The van der Waals surface area contributed by atoms with E-state index in [1.165, 1.54) is 19.2 Å². The molecule has 0 saturated carbocycles. The van der Waals surface area contributed by atoms with E-state index in [0.717, 1.165) is 18.4 Å². The monoisotopic (exact) mass is 428 g/mol. The minimum atomic E-state index is -3.55. The lowest BCUT2D eigenvalue weighted by Crippen LogP contribution is -2.29. The second-order valence-corrected chi connectivity index (χ2v) is 9.47. The third kappa shape index (κ3) is 5.88. The van der Waals surface area contributed by atoms with Crippen LogP contribution in [0.4, 0.5) is 4.39 Å². The molecule has 1 aromatic rings. The summed E-state index contributed by atoms with van der Waals surface area (Å²) < 4.78 is 43.3. The highest BCUT2D eigenvalue weighted by atomic mass is 32.2. The lowest BCUT2D eigenvalue weighted by atomic mass is 9.93. The second kappa shape index (κ2) is 10.3. The highest BCUT2D eigenvalue weighted by Gasteiger charge is 2.40. The summed E-state index contributed by atoms with van der Waals surface area (Å²) in [5.41, 5.74) is 2.42. The Kier molecular flexibility index (Phi) is 8.39. The van der Waals surface area contributed by atoms with Crippen LogP contribution < -0.4 is 0 Å². The summed E-state index contributed by atoms with van der Waals surface area (Å²) in [5.74, 6) is -1.33. The quantitative estimate of drug-likeness (QED) is 0.495. The summed E-state index contributed by atoms with van der Waals surface area (Å²) in [6.07, 6.45) is 3.15. The summed E-state index contributed by atoms with van der Waals surface area (Å²) in [4.78, 5) is 0. The number of aliphatic hydroxyl groups excluding tert-OH is 2. The molecule has 2 atom stereocenters. The predicted octanol–water partition coefficient (Wildman–Crippen LogP) is 2.59. The standard InChI is InChI=1S/C21H29FO6S/c1-3-4-14(9-15-6-7-18(24)17(22)10-15)5-8-19(25)21-16(12-28-2)13-29(26,27)20(21)11-23/h6-7,9-10,19-20,23-25H,3-5,8,11-13H2,1-2H3/b14-9+/t19-,20+/m1/s1. The lowest BCUT2D eigenvalue weighted by Gasteiger charge is -2.19. The SMILES string of the molecule is CCC/C(=C\c1ccc(O)c(F)c1)CC[C@@H](O)C1=C(COC)CS(=O)(=O)[C@H]1CO. The molecule has 0 unspecified atom stereocenters. The average molecular weight is 429 g/mol. The molecule has 0 aromatic heterocycles. The molecule has 1 aromatic carbocycles. The van der Waals surface area contributed by atoms with Gasteiger partial charge < -0.3 is 20.1 Å². The van der Waals surface area contributed by atoms with Crippen LogP contribution in [0, 0.1) is 5.82 Å². The maximum Gasteiger partial charge on any atom is 0.165 e. The maximum absolute atomic E-state index is 13.6. The van der Waals surface area contributed by atoms with Crippen LogP contribution in [0.5, 0.6) is 5.75 Å². The fourth-order valence-corrected chi connectivity index (χ4v) is 5.60. The van der Waals surface area contributed by atoms with Crippen molar-refractivity contribution in [2.45, 2.75) is 44.0 Å². The Balaban J connectivity index is 2.20. The molecule has 8 heteroatoms. The van der Waals surface area contributed by atoms with E-state index in [4.69, 9.17) is 4.74 Å². The molecule has 0 amide bonds. The molecule has 3 N–H and O–H groups in total. The van der Waals surface area contributed by atoms with Crippen LogP contribution in [0.1, 0.15) is 38.2 Å². The van der Waals surface area contributed by atoms with Crippen molar-refractivity contribution in [2.24, 2.45) is 0 Å². The van der Waals surface area contributed by atoms with E-state index in [2.05, 4.69) is 0 Å². The van der Waals surface area contributed by atoms with E-state index in [0.29, 0.717) is 23.1 Å². The number of hydrogen-bond donors (Lipinski definition) is 3. The van der Waals surface area contributed by atoms with Crippen LogP contribution >= 0.6 is 0 Å². The molecular weight excluding hydrogens is 399 g/mol. The number of phenolic OH excluding ortho intramolecular Hbond substituents is 1. The van der Waals surface area contributed by atoms with Gasteiger partial charge in [0.15, 0.2) is 21.4 Å². The van der Waals surface area contributed by atoms with Crippen molar-refractivity contribution in [2.75, 3.05) is 26.1 Å². The van der Waals surface area contributed by atoms with Gasteiger partial charge in [0.2, 0.25) is 0 Å². The van der Waals surface area contributed by atoms with E-state index in [9.17, 15) is 28.1 Å². The Labute approximate surface area is 171 Å². The fraction of sp³-hybridized carbons (Fsp3) is 0.524. The summed E-state index contributed by atoms with van der Waals surface area (Å²) in [5, 5.41) is 28.5. The Morgan fingerprint density at radius 3 is 2.69 bits per heavy atom. The first-order valence-corrected chi connectivity index (χ1v) is 11.3.